The first-order chi connectivity index (χ1) is 10.6. The van der Waals surface area contributed by atoms with Crippen molar-refractivity contribution in [3.05, 3.63) is 23.5 Å². The number of carbonyl (C=O) groups excluding carboxylic acids is 1. The van der Waals surface area contributed by atoms with Crippen molar-refractivity contribution in [2.75, 3.05) is 5.75 Å². The van der Waals surface area contributed by atoms with Crippen molar-refractivity contribution in [3.8, 4) is 0 Å². The molecule has 2 N–H and O–H groups in total. The Kier molecular flexibility index (Phi) is 3.56. The van der Waals surface area contributed by atoms with Crippen molar-refractivity contribution < 1.29 is 4.79 Å². The molecule has 0 aromatic rings. The maximum absolute atomic E-state index is 12.4. The molecule has 4 nitrogen and oxygen atoms in total. The van der Waals surface area contributed by atoms with Gasteiger partial charge in [0.05, 0.1) is 10.8 Å². The van der Waals surface area contributed by atoms with E-state index in [9.17, 15) is 4.79 Å². The Hall–Kier alpha value is -1.23. The molecule has 0 aromatic heterocycles. The van der Waals surface area contributed by atoms with E-state index in [-0.39, 0.29) is 11.4 Å². The standard InChI is InChI=1S/C17H23N3OS/c1-11-18-3-2-16(19-11)22-10-15(21)20-17-7-12-4-13(8-17)6-14(5-12)9-17/h2-3,12-14,19H,1,4-10H2,(H,20,21). The summed E-state index contributed by atoms with van der Waals surface area (Å²) < 4.78 is 0. The molecule has 1 amide bonds. The fourth-order valence-electron chi connectivity index (χ4n) is 5.23. The van der Waals surface area contributed by atoms with Crippen LogP contribution in [0.3, 0.4) is 0 Å². The summed E-state index contributed by atoms with van der Waals surface area (Å²) in [5.41, 5.74) is 0.117. The minimum absolute atomic E-state index is 0.117. The molecule has 118 valence electrons. The molecule has 0 unspecified atom stereocenters. The maximum Gasteiger partial charge on any atom is 0.230 e. The van der Waals surface area contributed by atoms with Gasteiger partial charge in [-0.2, -0.15) is 0 Å². The number of hydrogen-bond acceptors (Lipinski definition) is 4. The van der Waals surface area contributed by atoms with Gasteiger partial charge in [-0.05, 0) is 62.4 Å². The summed E-state index contributed by atoms with van der Waals surface area (Å²) in [5, 5.41) is 7.43. The van der Waals surface area contributed by atoms with E-state index in [0.29, 0.717) is 11.6 Å². The smallest absolute Gasteiger partial charge is 0.230 e. The van der Waals surface area contributed by atoms with Crippen LogP contribution < -0.4 is 10.6 Å². The number of carbonyl (C=O) groups is 1. The normalized spacial score (nSPS) is 38.6. The Labute approximate surface area is 135 Å². The van der Waals surface area contributed by atoms with Gasteiger partial charge in [0.15, 0.2) is 0 Å². The van der Waals surface area contributed by atoms with E-state index in [4.69, 9.17) is 0 Å². The number of hydrogen-bond donors (Lipinski definition) is 2. The Morgan fingerprint density at radius 2 is 1.95 bits per heavy atom. The zero-order valence-electron chi connectivity index (χ0n) is 12.8. The second-order valence-corrected chi connectivity index (χ2v) is 8.43. The molecule has 4 aliphatic carbocycles. The topological polar surface area (TPSA) is 53.5 Å². The van der Waals surface area contributed by atoms with Gasteiger partial charge in [-0.15, -0.1) is 0 Å². The second kappa shape index (κ2) is 5.44. The first-order valence-corrected chi connectivity index (χ1v) is 9.23. The molecule has 4 fully saturated rings. The zero-order chi connectivity index (χ0) is 15.2. The van der Waals surface area contributed by atoms with Crippen LogP contribution in [-0.2, 0) is 4.79 Å². The van der Waals surface area contributed by atoms with Gasteiger partial charge in [0.1, 0.15) is 5.82 Å². The van der Waals surface area contributed by atoms with E-state index in [1.165, 1.54) is 50.3 Å². The van der Waals surface area contributed by atoms with Crippen molar-refractivity contribution >= 4 is 23.9 Å². The maximum atomic E-state index is 12.4. The number of aliphatic imine (C=N–C) groups is 1. The highest BCUT2D eigenvalue weighted by Gasteiger charge is 2.51. The van der Waals surface area contributed by atoms with E-state index in [1.54, 1.807) is 6.21 Å². The minimum atomic E-state index is 0.117. The van der Waals surface area contributed by atoms with Crippen LogP contribution in [0.4, 0.5) is 0 Å². The second-order valence-electron chi connectivity index (χ2n) is 7.42. The summed E-state index contributed by atoms with van der Waals surface area (Å²) in [6, 6.07) is 0. The summed E-state index contributed by atoms with van der Waals surface area (Å²) >= 11 is 1.52. The van der Waals surface area contributed by atoms with E-state index < -0.39 is 0 Å². The van der Waals surface area contributed by atoms with Crippen LogP contribution in [0.15, 0.2) is 28.5 Å². The molecule has 5 heteroatoms. The molecule has 1 heterocycles. The van der Waals surface area contributed by atoms with Crippen molar-refractivity contribution in [2.24, 2.45) is 22.7 Å². The lowest BCUT2D eigenvalue weighted by Gasteiger charge is -2.56. The van der Waals surface area contributed by atoms with Crippen LogP contribution in [0.1, 0.15) is 38.5 Å². The SMILES string of the molecule is C=C1N=CC=C(SCC(=O)NC23CC4CC(CC(C4)C2)C3)N1. The van der Waals surface area contributed by atoms with Crippen LogP contribution in [0.2, 0.25) is 0 Å². The predicted molar refractivity (Wildman–Crippen MR) is 90.4 cm³/mol. The third-order valence-electron chi connectivity index (χ3n) is 5.53. The van der Waals surface area contributed by atoms with Gasteiger partial charge >= 0.3 is 0 Å². The molecule has 0 radical (unpaired) electrons. The van der Waals surface area contributed by atoms with Gasteiger partial charge in [-0.1, -0.05) is 18.3 Å². The molecule has 0 spiro atoms. The molecule has 4 bridgehead atoms. The number of amides is 1. The Morgan fingerprint density at radius 1 is 1.32 bits per heavy atom. The number of rotatable bonds is 4. The number of nitrogens with one attached hydrogen (secondary N) is 2. The molecular formula is C17H23N3OS. The molecule has 0 saturated heterocycles. The van der Waals surface area contributed by atoms with E-state index in [2.05, 4.69) is 22.2 Å². The highest BCUT2D eigenvalue weighted by Crippen LogP contribution is 2.55. The van der Waals surface area contributed by atoms with Crippen molar-refractivity contribution in [1.29, 1.82) is 0 Å². The summed E-state index contributed by atoms with van der Waals surface area (Å²) in [6.45, 7) is 3.77. The van der Waals surface area contributed by atoms with Gasteiger partial charge < -0.3 is 10.6 Å². The summed E-state index contributed by atoms with van der Waals surface area (Å²) in [5.74, 6) is 3.85. The highest BCUT2D eigenvalue weighted by atomic mass is 32.2. The van der Waals surface area contributed by atoms with Crippen LogP contribution in [0.5, 0.6) is 0 Å². The molecule has 0 aromatic carbocycles. The first kappa shape index (κ1) is 14.4. The molecule has 4 saturated carbocycles. The van der Waals surface area contributed by atoms with E-state index in [0.717, 1.165) is 22.8 Å². The lowest BCUT2D eigenvalue weighted by Crippen LogP contribution is -2.60. The Bertz CT molecular complexity index is 531. The number of thioether (sulfide) groups is 1. The van der Waals surface area contributed by atoms with Crippen LogP contribution in [-0.4, -0.2) is 23.4 Å². The molecule has 5 aliphatic rings. The Morgan fingerprint density at radius 3 is 2.55 bits per heavy atom. The summed E-state index contributed by atoms with van der Waals surface area (Å²) in [4.78, 5) is 16.4. The lowest BCUT2D eigenvalue weighted by atomic mass is 9.53. The first-order valence-electron chi connectivity index (χ1n) is 8.24. The van der Waals surface area contributed by atoms with Gasteiger partial charge in [-0.3, -0.25) is 4.79 Å². The summed E-state index contributed by atoms with van der Waals surface area (Å²) in [7, 11) is 0. The zero-order valence-corrected chi connectivity index (χ0v) is 13.6. The van der Waals surface area contributed by atoms with Crippen molar-refractivity contribution in [3.63, 3.8) is 0 Å². The fourth-order valence-corrected chi connectivity index (χ4v) is 5.94. The van der Waals surface area contributed by atoms with Gasteiger partial charge in [0, 0.05) is 11.8 Å². The monoisotopic (exact) mass is 317 g/mol. The van der Waals surface area contributed by atoms with Crippen LogP contribution in [0, 0.1) is 17.8 Å². The molecule has 22 heavy (non-hydrogen) atoms. The molecule has 5 rings (SSSR count). The van der Waals surface area contributed by atoms with Gasteiger partial charge in [-0.25, -0.2) is 4.99 Å². The Balaban J connectivity index is 1.33. The largest absolute Gasteiger partial charge is 0.350 e. The van der Waals surface area contributed by atoms with E-state index in [1.807, 2.05) is 6.08 Å². The fraction of sp³-hybridized carbons (Fsp3) is 0.647. The van der Waals surface area contributed by atoms with Crippen molar-refractivity contribution in [2.45, 2.75) is 44.1 Å². The molecular weight excluding hydrogens is 294 g/mol. The van der Waals surface area contributed by atoms with Crippen LogP contribution >= 0.6 is 11.8 Å². The minimum Gasteiger partial charge on any atom is -0.350 e. The predicted octanol–water partition coefficient (Wildman–Crippen LogP) is 2.79. The quantitative estimate of drug-likeness (QED) is 0.838. The summed E-state index contributed by atoms with van der Waals surface area (Å²) in [6.07, 6.45) is 11.4. The lowest BCUT2D eigenvalue weighted by molar-refractivity contribution is -0.124. The highest BCUT2D eigenvalue weighted by molar-refractivity contribution is 8.03. The average Bonchev–Trinajstić information content (AvgIpc) is 2.43. The average molecular weight is 317 g/mol. The number of nitrogens with zero attached hydrogens (tertiary/aromatic N) is 1. The van der Waals surface area contributed by atoms with Gasteiger partial charge in [0.2, 0.25) is 5.91 Å². The van der Waals surface area contributed by atoms with Gasteiger partial charge in [0.25, 0.3) is 0 Å². The molecule has 1 aliphatic heterocycles. The third-order valence-corrected chi connectivity index (χ3v) is 6.48. The van der Waals surface area contributed by atoms with E-state index >= 15 is 0 Å². The number of allylic oxidation sites excluding steroid dienone is 1. The van der Waals surface area contributed by atoms with Crippen molar-refractivity contribution in [1.82, 2.24) is 10.6 Å². The molecule has 0 atom stereocenters. The third kappa shape index (κ3) is 2.83. The van der Waals surface area contributed by atoms with Crippen LogP contribution in [0.25, 0.3) is 0 Å².